The van der Waals surface area contributed by atoms with Gasteiger partial charge in [-0.25, -0.2) is 4.79 Å². The lowest BCUT2D eigenvalue weighted by atomic mass is 9.71. The van der Waals surface area contributed by atoms with Gasteiger partial charge in [-0.1, -0.05) is 54.6 Å². The number of dihydropyridines is 1. The predicted octanol–water partition coefficient (Wildman–Crippen LogP) is 6.21. The van der Waals surface area contributed by atoms with E-state index in [2.05, 4.69) is 5.32 Å². The van der Waals surface area contributed by atoms with Crippen molar-refractivity contribution in [1.82, 2.24) is 5.32 Å². The molecule has 0 radical (unpaired) electrons. The minimum atomic E-state index is -0.615. The molecule has 2 aliphatic rings. The molecule has 0 saturated heterocycles. The number of Topliss-reactive ketones (excluding diaryl/α,β-unsaturated/α-hetero) is 1. The maximum Gasteiger partial charge on any atom is 0.336 e. The van der Waals surface area contributed by atoms with E-state index in [0.29, 0.717) is 53.5 Å². The van der Waals surface area contributed by atoms with E-state index in [1.165, 1.54) is 0 Å². The van der Waals surface area contributed by atoms with Crippen LogP contribution in [0.2, 0.25) is 0 Å². The summed E-state index contributed by atoms with van der Waals surface area (Å²) < 4.78 is 22.7. The van der Waals surface area contributed by atoms with Crippen molar-refractivity contribution >= 4 is 11.8 Å². The summed E-state index contributed by atoms with van der Waals surface area (Å²) in [4.78, 5) is 27.4. The molecule has 1 N–H and O–H groups in total. The van der Waals surface area contributed by atoms with Gasteiger partial charge >= 0.3 is 5.97 Å². The van der Waals surface area contributed by atoms with Crippen LogP contribution in [0.4, 0.5) is 0 Å². The summed E-state index contributed by atoms with van der Waals surface area (Å²) >= 11 is 0. The van der Waals surface area contributed by atoms with Gasteiger partial charge in [0.15, 0.2) is 17.3 Å². The molecule has 0 aromatic heterocycles. The van der Waals surface area contributed by atoms with Crippen LogP contribution in [-0.4, -0.2) is 32.6 Å². The van der Waals surface area contributed by atoms with Gasteiger partial charge in [0, 0.05) is 29.0 Å². The monoisotopic (exact) mass is 553 g/mol. The second kappa shape index (κ2) is 12.3. The summed E-state index contributed by atoms with van der Waals surface area (Å²) in [6.07, 6.45) is 0.905. The van der Waals surface area contributed by atoms with Gasteiger partial charge in [-0.3, -0.25) is 4.79 Å². The Bertz CT molecular complexity index is 1510. The van der Waals surface area contributed by atoms with Crippen molar-refractivity contribution in [3.05, 3.63) is 112 Å². The Labute approximate surface area is 240 Å². The first-order valence-corrected chi connectivity index (χ1v) is 13.8. The van der Waals surface area contributed by atoms with Gasteiger partial charge in [0.1, 0.15) is 12.4 Å². The Morgan fingerprint density at radius 3 is 2.37 bits per heavy atom. The number of carbonyl (C=O) groups is 2. The van der Waals surface area contributed by atoms with Crippen LogP contribution in [0, 0.1) is 0 Å². The smallest absolute Gasteiger partial charge is 0.336 e. The van der Waals surface area contributed by atoms with Crippen molar-refractivity contribution in [1.29, 1.82) is 0 Å². The molecule has 1 aliphatic carbocycles. The molecule has 1 aliphatic heterocycles. The molecule has 0 spiro atoms. The number of rotatable bonds is 9. The Balaban J connectivity index is 1.56. The van der Waals surface area contributed by atoms with Crippen LogP contribution in [-0.2, 0) is 20.9 Å². The molecular formula is C34H35NO6. The third kappa shape index (κ3) is 5.71. The van der Waals surface area contributed by atoms with Crippen LogP contribution in [0.15, 0.2) is 95.3 Å². The third-order valence-electron chi connectivity index (χ3n) is 7.67. The number of benzene rings is 3. The fourth-order valence-corrected chi connectivity index (χ4v) is 5.76. The van der Waals surface area contributed by atoms with E-state index in [0.717, 1.165) is 22.4 Å². The predicted molar refractivity (Wildman–Crippen MR) is 156 cm³/mol. The minimum Gasteiger partial charge on any atom is -0.493 e. The topological polar surface area (TPSA) is 83.1 Å². The molecule has 5 rings (SSSR count). The summed E-state index contributed by atoms with van der Waals surface area (Å²) in [5.74, 6) is 0.750. The molecular weight excluding hydrogens is 518 g/mol. The zero-order chi connectivity index (χ0) is 28.9. The first kappa shape index (κ1) is 28.0. The van der Waals surface area contributed by atoms with Crippen molar-refractivity contribution in [2.75, 3.05) is 20.8 Å². The van der Waals surface area contributed by atoms with E-state index in [1.54, 1.807) is 21.1 Å². The highest BCUT2D eigenvalue weighted by molar-refractivity contribution is 6.04. The fourth-order valence-electron chi connectivity index (χ4n) is 5.76. The number of carbonyl (C=O) groups excluding carboxylic acids is 2. The molecule has 0 saturated carbocycles. The average molecular weight is 554 g/mol. The highest BCUT2D eigenvalue weighted by Crippen LogP contribution is 2.48. The van der Waals surface area contributed by atoms with Crippen LogP contribution in [0.25, 0.3) is 0 Å². The standard InChI is InChI=1S/C34H35NO6/c1-5-40-34(37)31-21(2)35-26-17-24(23-15-16-29(38-3)30(19-23)39-4)18-27(36)33(26)32(31)25-13-9-10-14-28(25)41-20-22-11-7-6-8-12-22/h6-16,19,24,32,35H,5,17-18,20H2,1-4H3. The highest BCUT2D eigenvalue weighted by Gasteiger charge is 2.42. The number of nitrogens with one attached hydrogen (secondary N) is 1. The zero-order valence-corrected chi connectivity index (χ0v) is 23.9. The number of ether oxygens (including phenoxy) is 4. The fraction of sp³-hybridized carbons (Fsp3) is 0.294. The molecule has 3 aromatic rings. The second-order valence-electron chi connectivity index (χ2n) is 10.2. The number of para-hydroxylation sites is 1. The molecule has 0 fully saturated rings. The number of hydrogen-bond donors (Lipinski definition) is 1. The van der Waals surface area contributed by atoms with E-state index in [-0.39, 0.29) is 18.3 Å². The Hall–Kier alpha value is -4.52. The third-order valence-corrected chi connectivity index (χ3v) is 7.67. The van der Waals surface area contributed by atoms with E-state index in [4.69, 9.17) is 18.9 Å². The Morgan fingerprint density at radius 2 is 1.63 bits per heavy atom. The SMILES string of the molecule is CCOC(=O)C1=C(C)NC2=C(C(=O)CC(c3ccc(OC)c(OC)c3)C2)C1c1ccccc1OCc1ccccc1. The number of esters is 1. The molecule has 7 nitrogen and oxygen atoms in total. The number of methoxy groups -OCH3 is 2. The first-order valence-electron chi connectivity index (χ1n) is 13.8. The van der Waals surface area contributed by atoms with Crippen LogP contribution in [0.3, 0.4) is 0 Å². The minimum absolute atomic E-state index is 0.0179. The largest absolute Gasteiger partial charge is 0.493 e. The van der Waals surface area contributed by atoms with Crippen LogP contribution >= 0.6 is 0 Å². The second-order valence-corrected chi connectivity index (χ2v) is 10.2. The number of hydrogen-bond acceptors (Lipinski definition) is 7. The van der Waals surface area contributed by atoms with Crippen molar-refractivity contribution in [3.8, 4) is 17.2 Å². The van der Waals surface area contributed by atoms with Crippen molar-refractivity contribution in [2.24, 2.45) is 0 Å². The molecule has 3 aromatic carbocycles. The van der Waals surface area contributed by atoms with Crippen molar-refractivity contribution < 1.29 is 28.5 Å². The molecule has 7 heteroatoms. The lowest BCUT2D eigenvalue weighted by molar-refractivity contribution is -0.138. The van der Waals surface area contributed by atoms with E-state index < -0.39 is 11.9 Å². The van der Waals surface area contributed by atoms with Crippen molar-refractivity contribution in [3.63, 3.8) is 0 Å². The molecule has 0 amide bonds. The molecule has 41 heavy (non-hydrogen) atoms. The lowest BCUT2D eigenvalue weighted by Crippen LogP contribution is -2.36. The molecule has 1 heterocycles. The van der Waals surface area contributed by atoms with Gasteiger partial charge in [-0.05, 0) is 55.5 Å². The maximum absolute atomic E-state index is 14.0. The van der Waals surface area contributed by atoms with Crippen LogP contribution in [0.5, 0.6) is 17.2 Å². The summed E-state index contributed by atoms with van der Waals surface area (Å²) in [5, 5.41) is 3.41. The van der Waals surface area contributed by atoms with Gasteiger partial charge in [-0.15, -0.1) is 0 Å². The Kier molecular flexibility index (Phi) is 8.43. The molecule has 2 atom stereocenters. The average Bonchev–Trinajstić information content (AvgIpc) is 2.99. The van der Waals surface area contributed by atoms with Gasteiger partial charge in [-0.2, -0.15) is 0 Å². The first-order chi connectivity index (χ1) is 19.9. The molecule has 0 bridgehead atoms. The quantitative estimate of drug-likeness (QED) is 0.316. The summed E-state index contributed by atoms with van der Waals surface area (Å²) in [6.45, 7) is 4.23. The summed E-state index contributed by atoms with van der Waals surface area (Å²) in [6, 6.07) is 23.3. The summed E-state index contributed by atoms with van der Waals surface area (Å²) in [5.41, 5.74) is 5.28. The van der Waals surface area contributed by atoms with E-state index in [9.17, 15) is 9.59 Å². The normalized spacial score (nSPS) is 18.4. The Morgan fingerprint density at radius 1 is 0.902 bits per heavy atom. The highest BCUT2D eigenvalue weighted by atomic mass is 16.5. The van der Waals surface area contributed by atoms with Crippen LogP contribution in [0.1, 0.15) is 55.2 Å². The number of allylic oxidation sites excluding steroid dienone is 3. The van der Waals surface area contributed by atoms with E-state index >= 15 is 0 Å². The number of ketones is 1. The van der Waals surface area contributed by atoms with Crippen molar-refractivity contribution in [2.45, 2.75) is 45.1 Å². The maximum atomic E-state index is 14.0. The zero-order valence-electron chi connectivity index (χ0n) is 23.9. The van der Waals surface area contributed by atoms with E-state index in [1.807, 2.05) is 79.7 Å². The van der Waals surface area contributed by atoms with Gasteiger partial charge < -0.3 is 24.3 Å². The van der Waals surface area contributed by atoms with Gasteiger partial charge in [0.2, 0.25) is 0 Å². The van der Waals surface area contributed by atoms with Crippen LogP contribution < -0.4 is 19.5 Å². The molecule has 2 unspecified atom stereocenters. The summed E-state index contributed by atoms with van der Waals surface area (Å²) in [7, 11) is 3.20. The van der Waals surface area contributed by atoms with Gasteiger partial charge in [0.25, 0.3) is 0 Å². The molecule has 212 valence electrons. The lowest BCUT2D eigenvalue weighted by Gasteiger charge is -2.37. The van der Waals surface area contributed by atoms with Gasteiger partial charge in [0.05, 0.1) is 32.3 Å².